The van der Waals surface area contributed by atoms with E-state index in [1.165, 1.54) is 32.4 Å². The fourth-order valence-corrected chi connectivity index (χ4v) is 1.25. The fourth-order valence-electron chi connectivity index (χ4n) is 1.25. The highest BCUT2D eigenvalue weighted by Gasteiger charge is 2.10. The zero-order chi connectivity index (χ0) is 12.8. The number of rotatable bonds is 3. The molecule has 0 amide bonds. The van der Waals surface area contributed by atoms with Gasteiger partial charge in [0, 0.05) is 0 Å². The second-order valence-corrected chi connectivity index (χ2v) is 3.06. The summed E-state index contributed by atoms with van der Waals surface area (Å²) in [5.74, 6) is 0.305. The van der Waals surface area contributed by atoms with Crippen LogP contribution in [0.5, 0.6) is 17.2 Å². The van der Waals surface area contributed by atoms with Gasteiger partial charge < -0.3 is 14.6 Å². The molecular formula is C12H10N2O3. The lowest BCUT2D eigenvalue weighted by molar-refractivity contribution is 0.340. The standard InChI is InChI=1S/C12H10N2O3/c1-16-10-4-8(3-9(6-13)7-14)5-11(17-2)12(10)15/h3-5,15H,1-2H3. The minimum atomic E-state index is -0.123. The molecule has 0 aliphatic heterocycles. The highest BCUT2D eigenvalue weighted by molar-refractivity contribution is 5.67. The third kappa shape index (κ3) is 2.67. The van der Waals surface area contributed by atoms with E-state index in [1.807, 2.05) is 0 Å². The number of nitrogens with zero attached hydrogens (tertiary/aromatic N) is 2. The number of hydrogen-bond donors (Lipinski definition) is 1. The van der Waals surface area contributed by atoms with E-state index in [2.05, 4.69) is 0 Å². The summed E-state index contributed by atoms with van der Waals surface area (Å²) in [5.41, 5.74) is 0.495. The Bertz CT molecular complexity index is 495. The Kier molecular flexibility index (Phi) is 3.96. The molecule has 0 aromatic heterocycles. The molecule has 0 saturated heterocycles. The molecule has 0 spiro atoms. The van der Waals surface area contributed by atoms with Crippen molar-refractivity contribution in [1.29, 1.82) is 10.5 Å². The zero-order valence-electron chi connectivity index (χ0n) is 9.39. The number of benzene rings is 1. The Morgan fingerprint density at radius 3 is 2.00 bits per heavy atom. The Morgan fingerprint density at radius 2 is 1.65 bits per heavy atom. The first-order valence-corrected chi connectivity index (χ1v) is 4.63. The van der Waals surface area contributed by atoms with Crippen LogP contribution in [0.3, 0.4) is 0 Å². The number of methoxy groups -OCH3 is 2. The van der Waals surface area contributed by atoms with Crippen molar-refractivity contribution in [2.75, 3.05) is 14.2 Å². The van der Waals surface area contributed by atoms with Crippen molar-refractivity contribution >= 4 is 6.08 Å². The van der Waals surface area contributed by atoms with Gasteiger partial charge in [-0.05, 0) is 23.8 Å². The fraction of sp³-hybridized carbons (Fsp3) is 0.167. The molecular weight excluding hydrogens is 220 g/mol. The van der Waals surface area contributed by atoms with Crippen LogP contribution in [-0.2, 0) is 0 Å². The number of nitriles is 2. The summed E-state index contributed by atoms with van der Waals surface area (Å²) < 4.78 is 9.90. The van der Waals surface area contributed by atoms with E-state index in [9.17, 15) is 5.11 Å². The highest BCUT2D eigenvalue weighted by Crippen LogP contribution is 2.37. The Labute approximate surface area is 98.7 Å². The first-order valence-electron chi connectivity index (χ1n) is 4.63. The van der Waals surface area contributed by atoms with Gasteiger partial charge in [-0.25, -0.2) is 0 Å². The maximum Gasteiger partial charge on any atom is 0.200 e. The highest BCUT2D eigenvalue weighted by atomic mass is 16.5. The smallest absolute Gasteiger partial charge is 0.200 e. The van der Waals surface area contributed by atoms with Crippen LogP contribution < -0.4 is 9.47 Å². The third-order valence-electron chi connectivity index (χ3n) is 2.05. The van der Waals surface area contributed by atoms with Crippen molar-refractivity contribution < 1.29 is 14.6 Å². The lowest BCUT2D eigenvalue weighted by Crippen LogP contribution is -1.90. The van der Waals surface area contributed by atoms with Crippen LogP contribution in [0.15, 0.2) is 17.7 Å². The molecule has 0 atom stereocenters. The van der Waals surface area contributed by atoms with E-state index in [0.717, 1.165) is 0 Å². The maximum absolute atomic E-state index is 9.66. The van der Waals surface area contributed by atoms with Crippen LogP contribution in [-0.4, -0.2) is 19.3 Å². The van der Waals surface area contributed by atoms with Crippen molar-refractivity contribution in [3.63, 3.8) is 0 Å². The van der Waals surface area contributed by atoms with Crippen LogP contribution >= 0.6 is 0 Å². The summed E-state index contributed by atoms with van der Waals surface area (Å²) in [6, 6.07) is 6.50. The number of ether oxygens (including phenoxy) is 2. The predicted octanol–water partition coefficient (Wildman–Crippen LogP) is 1.84. The minimum absolute atomic E-state index is 0.0419. The van der Waals surface area contributed by atoms with Gasteiger partial charge in [-0.15, -0.1) is 0 Å². The molecule has 0 unspecified atom stereocenters. The van der Waals surface area contributed by atoms with E-state index in [1.54, 1.807) is 12.1 Å². The SMILES string of the molecule is COc1cc(C=C(C#N)C#N)cc(OC)c1O. The van der Waals surface area contributed by atoms with Crippen LogP contribution in [0.4, 0.5) is 0 Å². The second-order valence-electron chi connectivity index (χ2n) is 3.06. The van der Waals surface area contributed by atoms with Crippen molar-refractivity contribution in [2.45, 2.75) is 0 Å². The molecule has 0 bridgehead atoms. The van der Waals surface area contributed by atoms with Crippen LogP contribution in [0, 0.1) is 22.7 Å². The van der Waals surface area contributed by atoms with Gasteiger partial charge in [-0.1, -0.05) is 0 Å². The summed E-state index contributed by atoms with van der Waals surface area (Å²) in [6.07, 6.45) is 1.38. The number of hydrogen-bond acceptors (Lipinski definition) is 5. The summed E-state index contributed by atoms with van der Waals surface area (Å²) >= 11 is 0. The van der Waals surface area contributed by atoms with Gasteiger partial charge in [-0.2, -0.15) is 10.5 Å². The molecule has 0 fully saturated rings. The molecule has 1 aromatic rings. The van der Waals surface area contributed by atoms with Crippen molar-refractivity contribution in [3.8, 4) is 29.4 Å². The Hall–Kier alpha value is -2.66. The van der Waals surface area contributed by atoms with Crippen LogP contribution in [0.2, 0.25) is 0 Å². The molecule has 0 aliphatic rings. The van der Waals surface area contributed by atoms with Gasteiger partial charge in [0.05, 0.1) is 14.2 Å². The maximum atomic E-state index is 9.66. The summed E-state index contributed by atoms with van der Waals surface area (Å²) in [6.45, 7) is 0. The van der Waals surface area contributed by atoms with Crippen LogP contribution in [0.1, 0.15) is 5.56 Å². The van der Waals surface area contributed by atoms with Crippen LogP contribution in [0.25, 0.3) is 6.08 Å². The van der Waals surface area contributed by atoms with E-state index in [0.29, 0.717) is 5.56 Å². The van der Waals surface area contributed by atoms with E-state index in [-0.39, 0.29) is 22.8 Å². The minimum Gasteiger partial charge on any atom is -0.502 e. The van der Waals surface area contributed by atoms with Gasteiger partial charge in [0.2, 0.25) is 5.75 Å². The summed E-state index contributed by atoms with van der Waals surface area (Å²) in [4.78, 5) is 0. The molecule has 0 aliphatic carbocycles. The predicted molar refractivity (Wildman–Crippen MR) is 60.4 cm³/mol. The van der Waals surface area contributed by atoms with Gasteiger partial charge in [0.1, 0.15) is 17.7 Å². The summed E-state index contributed by atoms with van der Waals surface area (Å²) in [7, 11) is 2.80. The van der Waals surface area contributed by atoms with Gasteiger partial charge in [-0.3, -0.25) is 0 Å². The van der Waals surface area contributed by atoms with E-state index < -0.39 is 0 Å². The first kappa shape index (κ1) is 12.4. The lowest BCUT2D eigenvalue weighted by atomic mass is 10.1. The number of phenolic OH excluding ortho intramolecular Hbond substituents is 1. The van der Waals surface area contributed by atoms with Crippen molar-refractivity contribution in [2.24, 2.45) is 0 Å². The summed E-state index contributed by atoms with van der Waals surface area (Å²) in [5, 5.41) is 26.9. The van der Waals surface area contributed by atoms with Crippen molar-refractivity contribution in [1.82, 2.24) is 0 Å². The molecule has 1 aromatic carbocycles. The average molecular weight is 230 g/mol. The molecule has 17 heavy (non-hydrogen) atoms. The number of phenols is 1. The monoisotopic (exact) mass is 230 g/mol. The van der Waals surface area contributed by atoms with Gasteiger partial charge >= 0.3 is 0 Å². The third-order valence-corrected chi connectivity index (χ3v) is 2.05. The molecule has 0 saturated carbocycles. The normalized spacial score (nSPS) is 8.71. The number of aromatic hydroxyl groups is 1. The topological polar surface area (TPSA) is 86.3 Å². The quantitative estimate of drug-likeness (QED) is 0.800. The van der Waals surface area contributed by atoms with E-state index in [4.69, 9.17) is 20.0 Å². The molecule has 86 valence electrons. The van der Waals surface area contributed by atoms with E-state index >= 15 is 0 Å². The molecule has 5 heteroatoms. The molecule has 1 rings (SSSR count). The molecule has 0 heterocycles. The first-order chi connectivity index (χ1) is 8.15. The molecule has 5 nitrogen and oxygen atoms in total. The Balaban J connectivity index is 3.34. The zero-order valence-corrected chi connectivity index (χ0v) is 9.39. The molecule has 0 radical (unpaired) electrons. The van der Waals surface area contributed by atoms with Gasteiger partial charge in [0.15, 0.2) is 11.5 Å². The Morgan fingerprint density at radius 1 is 1.18 bits per heavy atom. The number of allylic oxidation sites excluding steroid dienone is 1. The van der Waals surface area contributed by atoms with Crippen molar-refractivity contribution in [3.05, 3.63) is 23.3 Å². The second kappa shape index (κ2) is 5.43. The molecule has 1 N–H and O–H groups in total. The largest absolute Gasteiger partial charge is 0.502 e. The lowest BCUT2D eigenvalue weighted by Gasteiger charge is -2.09. The average Bonchev–Trinajstić information content (AvgIpc) is 2.37. The van der Waals surface area contributed by atoms with Gasteiger partial charge in [0.25, 0.3) is 0 Å².